The Morgan fingerprint density at radius 3 is 2.42 bits per heavy atom. The molecule has 0 spiro atoms. The van der Waals surface area contributed by atoms with E-state index in [9.17, 15) is 13.2 Å². The second-order valence-corrected chi connectivity index (χ2v) is 9.74. The summed E-state index contributed by atoms with van der Waals surface area (Å²) in [7, 11) is -3.09. The lowest BCUT2D eigenvalue weighted by Gasteiger charge is -2.35. The summed E-state index contributed by atoms with van der Waals surface area (Å²) < 4.78 is 22.6. The Hall–Kier alpha value is -1.67. The van der Waals surface area contributed by atoms with Gasteiger partial charge in [-0.25, -0.2) is 8.42 Å². The van der Waals surface area contributed by atoms with Crippen LogP contribution in [0.25, 0.3) is 0 Å². The number of hydrogen-bond acceptors (Lipinski definition) is 4. The van der Waals surface area contributed by atoms with Gasteiger partial charge >= 0.3 is 0 Å². The Morgan fingerprint density at radius 2 is 1.81 bits per heavy atom. The predicted octanol–water partition coefficient (Wildman–Crippen LogP) is 2.16. The molecule has 2 rings (SSSR count). The fraction of sp³-hybridized carbons (Fsp3) is 0.556. The molecule has 0 unspecified atom stereocenters. The van der Waals surface area contributed by atoms with Gasteiger partial charge in [0, 0.05) is 17.9 Å². The van der Waals surface area contributed by atoms with E-state index in [-0.39, 0.29) is 11.7 Å². The van der Waals surface area contributed by atoms with Crippen molar-refractivity contribution >= 4 is 33.1 Å². The first-order valence-electron chi connectivity index (χ1n) is 8.79. The van der Waals surface area contributed by atoms with Crippen LogP contribution >= 0.6 is 12.2 Å². The van der Waals surface area contributed by atoms with Crippen molar-refractivity contribution in [3.63, 3.8) is 0 Å². The maximum absolute atomic E-state index is 12.2. The number of benzene rings is 1. The zero-order chi connectivity index (χ0) is 19.3. The van der Waals surface area contributed by atoms with Crippen LogP contribution in [0.15, 0.2) is 24.3 Å². The average molecular weight is 398 g/mol. The summed E-state index contributed by atoms with van der Waals surface area (Å²) in [5.74, 6) is 0.815. The van der Waals surface area contributed by atoms with Crippen LogP contribution in [0, 0.1) is 11.8 Å². The maximum Gasteiger partial charge on any atom is 0.269 e. The molecule has 144 valence electrons. The molecule has 0 aliphatic heterocycles. The van der Waals surface area contributed by atoms with Crippen LogP contribution in [0.5, 0.6) is 0 Å². The van der Waals surface area contributed by atoms with Gasteiger partial charge in [-0.15, -0.1) is 0 Å². The summed E-state index contributed by atoms with van der Waals surface area (Å²) in [6.45, 7) is 4.48. The second kappa shape index (κ2) is 8.81. The van der Waals surface area contributed by atoms with Crippen molar-refractivity contribution in [2.75, 3.05) is 6.26 Å². The number of thiocarbonyl (C=S) groups is 1. The van der Waals surface area contributed by atoms with Gasteiger partial charge in [-0.1, -0.05) is 38.8 Å². The Morgan fingerprint density at radius 1 is 1.15 bits per heavy atom. The van der Waals surface area contributed by atoms with Gasteiger partial charge in [0.1, 0.15) is 0 Å². The summed E-state index contributed by atoms with van der Waals surface area (Å²) in [4.78, 5) is 12.2. The molecule has 3 N–H and O–H groups in total. The minimum atomic E-state index is -3.09. The largest absolute Gasteiger partial charge is 0.358 e. The molecule has 26 heavy (non-hydrogen) atoms. The van der Waals surface area contributed by atoms with Crippen molar-refractivity contribution in [3.8, 4) is 0 Å². The molecule has 1 aliphatic rings. The molecule has 1 aromatic rings. The second-order valence-electron chi connectivity index (χ2n) is 7.19. The van der Waals surface area contributed by atoms with Crippen molar-refractivity contribution in [3.05, 3.63) is 35.4 Å². The summed E-state index contributed by atoms with van der Waals surface area (Å²) in [6, 6.07) is 6.78. The predicted molar refractivity (Wildman–Crippen MR) is 107 cm³/mol. The molecule has 8 heteroatoms. The topological polar surface area (TPSA) is 87.3 Å². The number of sulfone groups is 1. The molecule has 0 saturated heterocycles. The van der Waals surface area contributed by atoms with Crippen LogP contribution in [0.4, 0.5) is 0 Å². The van der Waals surface area contributed by atoms with E-state index >= 15 is 0 Å². The normalized spacial score (nSPS) is 23.1. The van der Waals surface area contributed by atoms with Gasteiger partial charge in [0.05, 0.1) is 5.75 Å². The van der Waals surface area contributed by atoms with Gasteiger partial charge in [-0.3, -0.25) is 15.6 Å². The zero-order valence-electron chi connectivity index (χ0n) is 15.4. The highest BCUT2D eigenvalue weighted by atomic mass is 32.2. The molecular formula is C18H27N3O3S2. The average Bonchev–Trinajstić information content (AvgIpc) is 2.56. The van der Waals surface area contributed by atoms with E-state index in [1.54, 1.807) is 24.3 Å². The quantitative estimate of drug-likeness (QED) is 0.533. The number of carbonyl (C=O) groups is 1. The van der Waals surface area contributed by atoms with Gasteiger partial charge in [-0.05, 0) is 48.2 Å². The van der Waals surface area contributed by atoms with Gasteiger partial charge < -0.3 is 5.32 Å². The van der Waals surface area contributed by atoms with Crippen LogP contribution in [0.1, 0.15) is 49.0 Å². The van der Waals surface area contributed by atoms with E-state index in [0.717, 1.165) is 6.42 Å². The Labute approximate surface area is 161 Å². The molecule has 1 aliphatic carbocycles. The molecule has 3 atom stereocenters. The summed E-state index contributed by atoms with van der Waals surface area (Å²) >= 11 is 5.27. The van der Waals surface area contributed by atoms with Crippen molar-refractivity contribution in [1.82, 2.24) is 16.2 Å². The monoisotopic (exact) mass is 397 g/mol. The lowest BCUT2D eigenvalue weighted by atomic mass is 9.78. The molecule has 1 amide bonds. The van der Waals surface area contributed by atoms with Crippen LogP contribution in [-0.2, 0) is 15.6 Å². The molecule has 0 heterocycles. The highest BCUT2D eigenvalue weighted by molar-refractivity contribution is 7.89. The van der Waals surface area contributed by atoms with E-state index in [1.807, 2.05) is 0 Å². The zero-order valence-corrected chi connectivity index (χ0v) is 17.0. The molecule has 1 aromatic carbocycles. The highest BCUT2D eigenvalue weighted by Crippen LogP contribution is 2.29. The first-order valence-corrected chi connectivity index (χ1v) is 11.3. The Bertz CT molecular complexity index is 747. The van der Waals surface area contributed by atoms with E-state index < -0.39 is 9.84 Å². The third kappa shape index (κ3) is 6.25. The molecule has 1 saturated carbocycles. The number of rotatable bonds is 4. The lowest BCUT2D eigenvalue weighted by Crippen LogP contribution is -2.52. The summed E-state index contributed by atoms with van der Waals surface area (Å²) in [5.41, 5.74) is 6.39. The molecular weight excluding hydrogens is 370 g/mol. The lowest BCUT2D eigenvalue weighted by molar-refractivity contribution is 0.0943. The van der Waals surface area contributed by atoms with Crippen molar-refractivity contribution in [1.29, 1.82) is 0 Å². The van der Waals surface area contributed by atoms with Crippen molar-refractivity contribution in [2.45, 2.75) is 44.9 Å². The first-order chi connectivity index (χ1) is 12.2. The van der Waals surface area contributed by atoms with Crippen molar-refractivity contribution < 1.29 is 13.2 Å². The number of amides is 1. The van der Waals surface area contributed by atoms with Gasteiger partial charge in [0.15, 0.2) is 14.9 Å². The van der Waals surface area contributed by atoms with E-state index in [0.29, 0.717) is 34.1 Å². The minimum Gasteiger partial charge on any atom is -0.358 e. The Kier molecular flexibility index (Phi) is 7.00. The van der Waals surface area contributed by atoms with E-state index in [1.165, 1.54) is 19.1 Å². The molecule has 0 bridgehead atoms. The van der Waals surface area contributed by atoms with Crippen LogP contribution in [0.3, 0.4) is 0 Å². The van der Waals surface area contributed by atoms with E-state index in [2.05, 4.69) is 30.0 Å². The van der Waals surface area contributed by atoms with Gasteiger partial charge in [0.2, 0.25) is 0 Å². The number of hydrogen-bond donors (Lipinski definition) is 3. The molecule has 6 nitrogen and oxygen atoms in total. The SMILES string of the molecule is C[C@@H]1[C@H](C)CCC[C@@H]1NC(=S)NNC(=O)c1ccc(CS(C)(=O)=O)cc1. The minimum absolute atomic E-state index is 0.0425. The number of hydrazine groups is 1. The smallest absolute Gasteiger partial charge is 0.269 e. The molecule has 1 fully saturated rings. The Balaban J connectivity index is 1.83. The maximum atomic E-state index is 12.2. The first kappa shape index (κ1) is 20.6. The van der Waals surface area contributed by atoms with Gasteiger partial charge in [-0.2, -0.15) is 0 Å². The van der Waals surface area contributed by atoms with E-state index in [4.69, 9.17) is 12.2 Å². The summed E-state index contributed by atoms with van der Waals surface area (Å²) in [6.07, 6.45) is 4.67. The van der Waals surface area contributed by atoms with Crippen LogP contribution in [-0.4, -0.2) is 31.7 Å². The fourth-order valence-corrected chi connectivity index (χ4v) is 4.23. The molecule has 0 aromatic heterocycles. The van der Waals surface area contributed by atoms with Crippen LogP contribution < -0.4 is 16.2 Å². The fourth-order valence-electron chi connectivity index (χ4n) is 3.23. The summed E-state index contributed by atoms with van der Waals surface area (Å²) in [5, 5.41) is 3.68. The molecule has 0 radical (unpaired) electrons. The standard InChI is InChI=1S/C18H27N3O3S2/c1-12-5-4-6-16(13(12)2)19-18(25)21-20-17(22)15-9-7-14(8-10-15)11-26(3,23)24/h7-10,12-13,16H,4-6,11H2,1-3H3,(H,20,22)(H2,19,21,25)/t12-,13-,16+/m1/s1. The van der Waals surface area contributed by atoms with Crippen LogP contribution in [0.2, 0.25) is 0 Å². The third-order valence-electron chi connectivity index (χ3n) is 4.96. The van der Waals surface area contributed by atoms with Crippen molar-refractivity contribution in [2.24, 2.45) is 11.8 Å². The number of carbonyl (C=O) groups excluding carboxylic acids is 1. The van der Waals surface area contributed by atoms with Gasteiger partial charge in [0.25, 0.3) is 5.91 Å². The highest BCUT2D eigenvalue weighted by Gasteiger charge is 2.27. The third-order valence-corrected chi connectivity index (χ3v) is 6.04. The number of nitrogens with one attached hydrogen (secondary N) is 3.